The van der Waals surface area contributed by atoms with E-state index < -0.39 is 19.9 Å². The molecule has 0 aliphatic rings. The number of sulfone groups is 1. The zero-order valence-corrected chi connectivity index (χ0v) is 16.7. The summed E-state index contributed by atoms with van der Waals surface area (Å²) in [6.45, 7) is 0.902. The van der Waals surface area contributed by atoms with E-state index in [1.54, 1.807) is 29.1 Å². The van der Waals surface area contributed by atoms with Crippen LogP contribution in [0.5, 0.6) is 5.75 Å². The highest BCUT2D eigenvalue weighted by molar-refractivity contribution is 7.95. The van der Waals surface area contributed by atoms with Crippen molar-refractivity contribution in [2.24, 2.45) is 0 Å². The Hall–Kier alpha value is -2.85. The third-order valence-corrected chi connectivity index (χ3v) is 6.50. The summed E-state index contributed by atoms with van der Waals surface area (Å²) >= 11 is 0. The third kappa shape index (κ3) is 4.90. The van der Waals surface area contributed by atoms with Crippen LogP contribution in [0.15, 0.2) is 76.8 Å². The molecule has 10 heteroatoms. The van der Waals surface area contributed by atoms with E-state index in [1.807, 2.05) is 12.3 Å². The average molecular weight is 422 g/mol. The molecule has 0 unspecified atom stereocenters. The van der Waals surface area contributed by atoms with Gasteiger partial charge in [-0.15, -0.1) is 0 Å². The van der Waals surface area contributed by atoms with E-state index in [-0.39, 0.29) is 15.5 Å². The van der Waals surface area contributed by atoms with Crippen LogP contribution in [-0.4, -0.2) is 39.5 Å². The quantitative estimate of drug-likeness (QED) is 0.597. The minimum absolute atomic E-state index is 0.255. The molecule has 0 spiro atoms. The minimum Gasteiger partial charge on any atom is -0.492 e. The molecule has 0 bridgehead atoms. The summed E-state index contributed by atoms with van der Waals surface area (Å²) in [5, 5.41) is 4.07. The molecule has 3 rings (SSSR count). The number of hydrogen-bond acceptors (Lipinski definition) is 6. The highest BCUT2D eigenvalue weighted by Gasteiger charge is 2.23. The Kier molecular flexibility index (Phi) is 5.71. The van der Waals surface area contributed by atoms with Crippen LogP contribution in [0.3, 0.4) is 0 Å². The largest absolute Gasteiger partial charge is 0.492 e. The van der Waals surface area contributed by atoms with Gasteiger partial charge >= 0.3 is 0 Å². The first-order valence-corrected chi connectivity index (χ1v) is 11.7. The van der Waals surface area contributed by atoms with E-state index in [1.165, 1.54) is 30.3 Å². The molecule has 0 saturated heterocycles. The van der Waals surface area contributed by atoms with Gasteiger partial charge in [0.1, 0.15) is 17.3 Å². The summed E-state index contributed by atoms with van der Waals surface area (Å²) in [4.78, 5) is -0.559. The minimum atomic E-state index is -4.10. The maximum Gasteiger partial charge on any atom is 0.263 e. The van der Waals surface area contributed by atoms with Crippen molar-refractivity contribution in [1.29, 1.82) is 0 Å². The zero-order valence-electron chi connectivity index (χ0n) is 15.0. The second-order valence-corrected chi connectivity index (χ2v) is 9.60. The van der Waals surface area contributed by atoms with Gasteiger partial charge < -0.3 is 4.74 Å². The highest BCUT2D eigenvalue weighted by Crippen LogP contribution is 2.25. The molecule has 0 fully saturated rings. The zero-order chi connectivity index (χ0) is 20.2. The fraction of sp³-hybridized carbons (Fsp3) is 0.167. The summed E-state index contributed by atoms with van der Waals surface area (Å²) in [7, 11) is -7.80. The van der Waals surface area contributed by atoms with Crippen molar-refractivity contribution >= 4 is 25.5 Å². The normalized spacial score (nSPS) is 11.9. The second kappa shape index (κ2) is 8.03. The molecule has 2 aromatic carbocycles. The van der Waals surface area contributed by atoms with Crippen LogP contribution in [0.4, 0.5) is 5.69 Å². The molecule has 28 heavy (non-hydrogen) atoms. The highest BCUT2D eigenvalue weighted by atomic mass is 32.2. The van der Waals surface area contributed by atoms with Crippen LogP contribution >= 0.6 is 0 Å². The van der Waals surface area contributed by atoms with Crippen LogP contribution < -0.4 is 9.46 Å². The molecule has 0 aliphatic carbocycles. The molecular formula is C18H19N3O5S2. The third-order valence-electron chi connectivity index (χ3n) is 3.77. The van der Waals surface area contributed by atoms with Gasteiger partial charge in [-0.25, -0.2) is 16.8 Å². The molecule has 1 N–H and O–H groups in total. The van der Waals surface area contributed by atoms with Gasteiger partial charge in [-0.3, -0.25) is 9.40 Å². The van der Waals surface area contributed by atoms with Crippen molar-refractivity contribution in [3.8, 4) is 5.75 Å². The molecule has 0 saturated carbocycles. The average Bonchev–Trinajstić information content (AvgIpc) is 3.14. The summed E-state index contributed by atoms with van der Waals surface area (Å²) in [6, 6.07) is 13.7. The van der Waals surface area contributed by atoms with Gasteiger partial charge in [0.15, 0.2) is 9.84 Å². The lowest BCUT2D eigenvalue weighted by Crippen LogP contribution is -2.16. The van der Waals surface area contributed by atoms with Crippen molar-refractivity contribution in [3.63, 3.8) is 0 Å². The Morgan fingerprint density at radius 3 is 2.43 bits per heavy atom. The number of nitrogens with one attached hydrogen (secondary N) is 1. The number of rotatable bonds is 8. The van der Waals surface area contributed by atoms with Crippen LogP contribution in [0.2, 0.25) is 0 Å². The van der Waals surface area contributed by atoms with Crippen LogP contribution in [0.25, 0.3) is 0 Å². The smallest absolute Gasteiger partial charge is 0.263 e. The summed E-state index contributed by atoms with van der Waals surface area (Å²) in [6.07, 6.45) is 4.45. The molecule has 148 valence electrons. The van der Waals surface area contributed by atoms with Gasteiger partial charge in [0.05, 0.1) is 17.1 Å². The molecular weight excluding hydrogens is 402 g/mol. The molecule has 8 nitrogen and oxygen atoms in total. The van der Waals surface area contributed by atoms with Gasteiger partial charge in [-0.05, 0) is 30.3 Å². The molecule has 3 aromatic rings. The van der Waals surface area contributed by atoms with Crippen molar-refractivity contribution in [2.45, 2.75) is 16.3 Å². The lowest BCUT2D eigenvalue weighted by atomic mass is 10.3. The van der Waals surface area contributed by atoms with Crippen LogP contribution in [-0.2, 0) is 26.4 Å². The van der Waals surface area contributed by atoms with Crippen molar-refractivity contribution in [2.75, 3.05) is 17.6 Å². The van der Waals surface area contributed by atoms with Gasteiger partial charge in [-0.2, -0.15) is 5.10 Å². The lowest BCUT2D eigenvalue weighted by Gasteiger charge is -2.12. The van der Waals surface area contributed by atoms with Crippen LogP contribution in [0.1, 0.15) is 0 Å². The van der Waals surface area contributed by atoms with Gasteiger partial charge in [0, 0.05) is 24.7 Å². The standard InChI is InChI=1S/C18H19N3O5S2/c1-27(22,23)17-8-2-3-9-18(17)28(24,25)20-15-6-4-7-16(14-15)26-13-12-21-11-5-10-19-21/h2-11,14,20H,12-13H2,1H3. The van der Waals surface area contributed by atoms with Gasteiger partial charge in [-0.1, -0.05) is 18.2 Å². The predicted molar refractivity (Wildman–Crippen MR) is 105 cm³/mol. The molecule has 0 aliphatic heterocycles. The van der Waals surface area contributed by atoms with E-state index in [0.717, 1.165) is 6.26 Å². The number of anilines is 1. The Balaban J connectivity index is 1.76. The first-order chi connectivity index (χ1) is 13.3. The van der Waals surface area contributed by atoms with Crippen molar-refractivity contribution in [3.05, 3.63) is 67.0 Å². The van der Waals surface area contributed by atoms with E-state index >= 15 is 0 Å². The van der Waals surface area contributed by atoms with Gasteiger partial charge in [0.2, 0.25) is 0 Å². The van der Waals surface area contributed by atoms with E-state index in [2.05, 4.69) is 9.82 Å². The predicted octanol–water partition coefficient (Wildman–Crippen LogP) is 2.17. The van der Waals surface area contributed by atoms with Crippen LogP contribution in [0, 0.1) is 0 Å². The number of ether oxygens (including phenoxy) is 1. The fourth-order valence-corrected chi connectivity index (χ4v) is 5.21. The first kappa shape index (κ1) is 19.9. The van der Waals surface area contributed by atoms with E-state index in [0.29, 0.717) is 18.9 Å². The van der Waals surface area contributed by atoms with Crippen molar-refractivity contribution < 1.29 is 21.6 Å². The Morgan fingerprint density at radius 1 is 1.00 bits per heavy atom. The summed E-state index contributed by atoms with van der Waals surface area (Å²) in [5.74, 6) is 0.476. The monoisotopic (exact) mass is 421 g/mol. The topological polar surface area (TPSA) is 107 Å². The van der Waals surface area contributed by atoms with Crippen molar-refractivity contribution in [1.82, 2.24) is 9.78 Å². The fourth-order valence-electron chi connectivity index (χ4n) is 2.53. The number of benzene rings is 2. The Bertz CT molecular complexity index is 1160. The Morgan fingerprint density at radius 2 is 1.75 bits per heavy atom. The second-order valence-electron chi connectivity index (χ2n) is 5.97. The molecule has 1 heterocycles. The molecule has 1 aromatic heterocycles. The maximum absolute atomic E-state index is 12.7. The maximum atomic E-state index is 12.7. The molecule has 0 radical (unpaired) electrons. The summed E-state index contributed by atoms with van der Waals surface area (Å²) < 4.78 is 59.0. The number of hydrogen-bond donors (Lipinski definition) is 1. The first-order valence-electron chi connectivity index (χ1n) is 8.28. The van der Waals surface area contributed by atoms with E-state index in [9.17, 15) is 16.8 Å². The summed E-state index contributed by atoms with van der Waals surface area (Å²) in [5.41, 5.74) is 0.264. The molecule has 0 amide bonds. The molecule has 0 atom stereocenters. The SMILES string of the molecule is CS(=O)(=O)c1ccccc1S(=O)(=O)Nc1cccc(OCCn2cccn2)c1. The van der Waals surface area contributed by atoms with E-state index in [4.69, 9.17) is 4.74 Å². The number of nitrogens with zero attached hydrogens (tertiary/aromatic N) is 2. The Labute approximate surface area is 163 Å². The number of sulfonamides is 1. The lowest BCUT2D eigenvalue weighted by molar-refractivity contribution is 0.291. The number of aromatic nitrogens is 2. The van der Waals surface area contributed by atoms with Gasteiger partial charge in [0.25, 0.3) is 10.0 Å².